The van der Waals surface area contributed by atoms with Crippen molar-refractivity contribution in [3.05, 3.63) is 28.8 Å². The van der Waals surface area contributed by atoms with Crippen LogP contribution in [-0.2, 0) is 9.53 Å². The third-order valence-electron chi connectivity index (χ3n) is 3.02. The molecule has 0 saturated carbocycles. The zero-order valence-corrected chi connectivity index (χ0v) is 13.2. The number of hydrogen-bond acceptors (Lipinski definition) is 4. The van der Waals surface area contributed by atoms with Crippen LogP contribution < -0.4 is 10.6 Å². The van der Waals surface area contributed by atoms with E-state index in [2.05, 4.69) is 10.6 Å². The van der Waals surface area contributed by atoms with Crippen molar-refractivity contribution in [1.29, 1.82) is 0 Å². The number of carbonyl (C=O) groups excluding carboxylic acids is 2. The normalized spacial score (nSPS) is 16.8. The second-order valence-electron chi connectivity index (χ2n) is 4.51. The van der Waals surface area contributed by atoms with Crippen LogP contribution in [0.15, 0.2) is 23.1 Å². The third-order valence-corrected chi connectivity index (χ3v) is 4.37. The molecule has 2 N–H and O–H groups in total. The minimum Gasteiger partial charge on any atom is -0.450 e. The molecule has 5 nitrogen and oxygen atoms in total. The number of fused-ring (bicyclic) bond motifs is 1. The monoisotopic (exact) mass is 328 g/mol. The molecule has 1 aromatic rings. The average Bonchev–Trinajstić information content (AvgIpc) is 2.46. The molecule has 2 rings (SSSR count). The number of hydrogen-bond donors (Lipinski definition) is 2. The maximum absolute atomic E-state index is 11.9. The first-order valence-electron chi connectivity index (χ1n) is 6.72. The number of alkyl carbamates (subject to hydrolysis) is 1. The smallest absolute Gasteiger partial charge is 0.407 e. The average molecular weight is 329 g/mol. The van der Waals surface area contributed by atoms with Crippen molar-refractivity contribution in [3.8, 4) is 0 Å². The standard InChI is InChI=1S/C14H17ClN2O3S/c1-2-20-14(19)16-8-13(18)17-11-5-6-21-12-4-3-9(15)7-10(11)12/h3-4,7,11H,2,5-6,8H2,1H3,(H,16,19)(H,17,18)/t11-/m1/s1. The van der Waals surface area contributed by atoms with Gasteiger partial charge in [-0.05, 0) is 37.1 Å². The summed E-state index contributed by atoms with van der Waals surface area (Å²) in [6, 6.07) is 5.63. The van der Waals surface area contributed by atoms with Crippen molar-refractivity contribution >= 4 is 35.4 Å². The van der Waals surface area contributed by atoms with Gasteiger partial charge in [0.1, 0.15) is 6.54 Å². The Morgan fingerprint density at radius 1 is 1.48 bits per heavy atom. The molecule has 0 fully saturated rings. The summed E-state index contributed by atoms with van der Waals surface area (Å²) in [7, 11) is 0. The van der Waals surface area contributed by atoms with Crippen molar-refractivity contribution in [2.75, 3.05) is 18.9 Å². The second kappa shape index (κ2) is 7.56. The summed E-state index contributed by atoms with van der Waals surface area (Å²) in [6.07, 6.45) is 0.249. The molecule has 21 heavy (non-hydrogen) atoms. The van der Waals surface area contributed by atoms with E-state index in [9.17, 15) is 9.59 Å². The molecule has 0 bridgehead atoms. The lowest BCUT2D eigenvalue weighted by atomic mass is 10.0. The lowest BCUT2D eigenvalue weighted by Gasteiger charge is -2.26. The van der Waals surface area contributed by atoms with Gasteiger partial charge in [0.25, 0.3) is 0 Å². The molecule has 1 aliphatic rings. The maximum atomic E-state index is 11.9. The fourth-order valence-electron chi connectivity index (χ4n) is 2.10. The van der Waals surface area contributed by atoms with Crippen LogP contribution in [0.1, 0.15) is 24.9 Å². The van der Waals surface area contributed by atoms with Gasteiger partial charge in [-0.2, -0.15) is 0 Å². The summed E-state index contributed by atoms with van der Waals surface area (Å²) in [5.74, 6) is 0.691. The highest BCUT2D eigenvalue weighted by Gasteiger charge is 2.22. The van der Waals surface area contributed by atoms with Crippen LogP contribution in [0.25, 0.3) is 0 Å². The Balaban J connectivity index is 1.93. The van der Waals surface area contributed by atoms with Crippen LogP contribution in [0.2, 0.25) is 5.02 Å². The van der Waals surface area contributed by atoms with E-state index < -0.39 is 6.09 Å². The highest BCUT2D eigenvalue weighted by atomic mass is 35.5. The topological polar surface area (TPSA) is 67.4 Å². The quantitative estimate of drug-likeness (QED) is 0.891. The number of amides is 2. The molecule has 2 amide bonds. The molecule has 7 heteroatoms. The van der Waals surface area contributed by atoms with E-state index in [-0.39, 0.29) is 25.1 Å². The van der Waals surface area contributed by atoms with E-state index in [0.717, 1.165) is 22.6 Å². The highest BCUT2D eigenvalue weighted by molar-refractivity contribution is 7.99. The van der Waals surface area contributed by atoms with Crippen molar-refractivity contribution < 1.29 is 14.3 Å². The van der Waals surface area contributed by atoms with E-state index >= 15 is 0 Å². The molecule has 114 valence electrons. The molecular formula is C14H17ClN2O3S. The summed E-state index contributed by atoms with van der Waals surface area (Å²) >= 11 is 7.77. The second-order valence-corrected chi connectivity index (χ2v) is 6.09. The molecule has 1 aliphatic heterocycles. The Morgan fingerprint density at radius 2 is 2.29 bits per heavy atom. The maximum Gasteiger partial charge on any atom is 0.407 e. The zero-order chi connectivity index (χ0) is 15.2. The van der Waals surface area contributed by atoms with Gasteiger partial charge in [-0.1, -0.05) is 11.6 Å². The first-order valence-corrected chi connectivity index (χ1v) is 8.08. The molecule has 0 unspecified atom stereocenters. The van der Waals surface area contributed by atoms with E-state index in [1.165, 1.54) is 0 Å². The Labute approximate surface area is 132 Å². The van der Waals surface area contributed by atoms with Crippen molar-refractivity contribution in [3.63, 3.8) is 0 Å². The van der Waals surface area contributed by atoms with Gasteiger partial charge in [-0.3, -0.25) is 4.79 Å². The molecular weight excluding hydrogens is 312 g/mol. The Morgan fingerprint density at radius 3 is 3.05 bits per heavy atom. The molecule has 1 atom stereocenters. The largest absolute Gasteiger partial charge is 0.450 e. The number of carbonyl (C=O) groups is 2. The van der Waals surface area contributed by atoms with E-state index in [1.54, 1.807) is 18.7 Å². The predicted molar refractivity (Wildman–Crippen MR) is 82.7 cm³/mol. The number of ether oxygens (including phenoxy) is 1. The lowest BCUT2D eigenvalue weighted by Crippen LogP contribution is -2.39. The van der Waals surface area contributed by atoms with Gasteiger partial charge < -0.3 is 15.4 Å². The number of benzene rings is 1. The van der Waals surface area contributed by atoms with E-state index in [0.29, 0.717) is 5.02 Å². The molecule has 1 aromatic carbocycles. The molecule has 0 aromatic heterocycles. The van der Waals surface area contributed by atoms with E-state index in [4.69, 9.17) is 16.3 Å². The van der Waals surface area contributed by atoms with Crippen LogP contribution >= 0.6 is 23.4 Å². The van der Waals surface area contributed by atoms with Gasteiger partial charge in [0.15, 0.2) is 0 Å². The Kier molecular flexibility index (Phi) is 5.76. The number of rotatable bonds is 4. The van der Waals surface area contributed by atoms with Gasteiger partial charge >= 0.3 is 6.09 Å². The summed E-state index contributed by atoms with van der Waals surface area (Å²) < 4.78 is 4.70. The Bertz CT molecular complexity index is 539. The van der Waals surface area contributed by atoms with Crippen LogP contribution in [-0.4, -0.2) is 30.9 Å². The van der Waals surface area contributed by atoms with Gasteiger partial charge in [0.2, 0.25) is 5.91 Å². The van der Waals surface area contributed by atoms with Crippen LogP contribution in [0.4, 0.5) is 4.79 Å². The first-order chi connectivity index (χ1) is 10.1. The van der Waals surface area contributed by atoms with Crippen LogP contribution in [0.3, 0.4) is 0 Å². The van der Waals surface area contributed by atoms with Gasteiger partial charge in [-0.25, -0.2) is 4.79 Å². The number of halogens is 1. The zero-order valence-electron chi connectivity index (χ0n) is 11.6. The molecule has 0 aliphatic carbocycles. The first kappa shape index (κ1) is 16.0. The fourth-order valence-corrected chi connectivity index (χ4v) is 3.38. The van der Waals surface area contributed by atoms with Crippen molar-refractivity contribution in [1.82, 2.24) is 10.6 Å². The molecule has 1 heterocycles. The van der Waals surface area contributed by atoms with E-state index in [1.807, 2.05) is 18.2 Å². The SMILES string of the molecule is CCOC(=O)NCC(=O)N[C@@H]1CCSc2ccc(Cl)cc21. The summed E-state index contributed by atoms with van der Waals surface area (Å²) in [5, 5.41) is 5.98. The minimum absolute atomic E-state index is 0.0727. The summed E-state index contributed by atoms with van der Waals surface area (Å²) in [5.41, 5.74) is 1.03. The highest BCUT2D eigenvalue weighted by Crippen LogP contribution is 2.37. The van der Waals surface area contributed by atoms with Crippen molar-refractivity contribution in [2.24, 2.45) is 0 Å². The lowest BCUT2D eigenvalue weighted by molar-refractivity contribution is -0.121. The van der Waals surface area contributed by atoms with Crippen LogP contribution in [0.5, 0.6) is 0 Å². The van der Waals surface area contributed by atoms with Crippen molar-refractivity contribution in [2.45, 2.75) is 24.3 Å². The van der Waals surface area contributed by atoms with Gasteiger partial charge in [0.05, 0.1) is 12.6 Å². The Hall–Kier alpha value is -1.40. The van der Waals surface area contributed by atoms with Crippen LogP contribution in [0, 0.1) is 0 Å². The van der Waals surface area contributed by atoms with Gasteiger partial charge in [-0.15, -0.1) is 11.8 Å². The molecule has 0 saturated heterocycles. The molecule has 0 radical (unpaired) electrons. The fraction of sp³-hybridized carbons (Fsp3) is 0.429. The number of thioether (sulfide) groups is 1. The predicted octanol–water partition coefficient (Wildman–Crippen LogP) is 2.74. The van der Waals surface area contributed by atoms with Gasteiger partial charge in [0, 0.05) is 15.7 Å². The summed E-state index contributed by atoms with van der Waals surface area (Å²) in [4.78, 5) is 24.2. The molecule has 0 spiro atoms. The summed E-state index contributed by atoms with van der Waals surface area (Å²) in [6.45, 7) is 1.89. The minimum atomic E-state index is -0.588. The number of nitrogens with one attached hydrogen (secondary N) is 2. The third kappa shape index (κ3) is 4.54.